The van der Waals surface area contributed by atoms with Gasteiger partial charge in [0, 0.05) is 36.0 Å². The van der Waals surface area contributed by atoms with Crippen molar-refractivity contribution in [2.24, 2.45) is 0 Å². The number of aliphatic hydroxyl groups is 1. The van der Waals surface area contributed by atoms with E-state index < -0.39 is 6.61 Å². The van der Waals surface area contributed by atoms with Gasteiger partial charge in [-0.05, 0) is 18.2 Å². The number of hydrogen-bond acceptors (Lipinski definition) is 4. The number of furan rings is 2. The number of benzene rings is 1. The number of carbonyl (C=O) groups excluding carboxylic acids is 1. The van der Waals surface area contributed by atoms with Crippen LogP contribution < -0.4 is 0 Å². The van der Waals surface area contributed by atoms with Gasteiger partial charge in [-0.25, -0.2) is 0 Å². The molecule has 1 amide bonds. The highest BCUT2D eigenvalue weighted by molar-refractivity contribution is 6.45. The topological polar surface area (TPSA) is 66.8 Å². The minimum atomic E-state index is -0.511. The average Bonchev–Trinajstić information content (AvgIpc) is 3.24. The van der Waals surface area contributed by atoms with Gasteiger partial charge in [0.05, 0.1) is 11.3 Å². The lowest BCUT2D eigenvalue weighted by Crippen LogP contribution is -2.37. The Kier molecular flexibility index (Phi) is 3.79. The SMILES string of the molecule is O=C(CO)N1CCc2oc3c(Cl)c(Cl)cc(-c4ccco4)c3c2C1. The first kappa shape index (κ1) is 15.6. The second-order valence-electron chi connectivity index (χ2n) is 5.63. The molecule has 7 heteroatoms. The lowest BCUT2D eigenvalue weighted by molar-refractivity contribution is -0.135. The number of nitrogens with zero attached hydrogens (tertiary/aromatic N) is 1. The van der Waals surface area contributed by atoms with Crippen molar-refractivity contribution in [3.05, 3.63) is 45.8 Å². The fraction of sp³-hybridized carbons (Fsp3) is 0.235. The second-order valence-corrected chi connectivity index (χ2v) is 6.41. The molecule has 3 heterocycles. The van der Waals surface area contributed by atoms with Crippen molar-refractivity contribution >= 4 is 40.1 Å². The molecule has 0 spiro atoms. The van der Waals surface area contributed by atoms with Gasteiger partial charge in [0.2, 0.25) is 5.91 Å². The second kappa shape index (κ2) is 5.84. The van der Waals surface area contributed by atoms with E-state index in [0.717, 1.165) is 22.3 Å². The van der Waals surface area contributed by atoms with Crippen LogP contribution in [0.4, 0.5) is 0 Å². The molecule has 0 aliphatic carbocycles. The van der Waals surface area contributed by atoms with E-state index in [1.54, 1.807) is 23.3 Å². The van der Waals surface area contributed by atoms with Crippen LogP contribution in [0.15, 0.2) is 33.3 Å². The van der Waals surface area contributed by atoms with E-state index in [0.29, 0.717) is 40.9 Å². The van der Waals surface area contributed by atoms with Crippen molar-refractivity contribution in [1.29, 1.82) is 0 Å². The van der Waals surface area contributed by atoms with Crippen molar-refractivity contribution in [3.8, 4) is 11.3 Å². The number of halogens is 2. The Morgan fingerprint density at radius 3 is 2.92 bits per heavy atom. The standard InChI is InChI=1S/C17H13Cl2NO4/c18-11-6-9(12-2-1-5-23-12)15-10-7-20(14(22)8-21)4-3-13(10)24-17(15)16(11)19/h1-2,5-6,21H,3-4,7-8H2. The van der Waals surface area contributed by atoms with Gasteiger partial charge in [0.15, 0.2) is 5.58 Å². The molecular weight excluding hydrogens is 353 g/mol. The maximum atomic E-state index is 11.8. The summed E-state index contributed by atoms with van der Waals surface area (Å²) in [5, 5.41) is 10.6. The van der Waals surface area contributed by atoms with E-state index in [-0.39, 0.29) is 5.91 Å². The first-order valence-corrected chi connectivity index (χ1v) is 8.20. The summed E-state index contributed by atoms with van der Waals surface area (Å²) in [5.74, 6) is 1.12. The van der Waals surface area contributed by atoms with Crippen LogP contribution in [0.25, 0.3) is 22.3 Å². The van der Waals surface area contributed by atoms with Gasteiger partial charge in [0.1, 0.15) is 23.2 Å². The quantitative estimate of drug-likeness (QED) is 0.748. The number of fused-ring (bicyclic) bond motifs is 3. The van der Waals surface area contributed by atoms with Gasteiger partial charge >= 0.3 is 0 Å². The van der Waals surface area contributed by atoms with Crippen molar-refractivity contribution in [3.63, 3.8) is 0 Å². The third-order valence-corrected chi connectivity index (χ3v) is 5.04. The van der Waals surface area contributed by atoms with Crippen LogP contribution in [-0.4, -0.2) is 29.1 Å². The highest BCUT2D eigenvalue weighted by Crippen LogP contribution is 2.43. The molecule has 0 saturated heterocycles. The van der Waals surface area contributed by atoms with E-state index in [2.05, 4.69) is 0 Å². The van der Waals surface area contributed by atoms with Crippen LogP contribution in [0, 0.1) is 0 Å². The molecule has 24 heavy (non-hydrogen) atoms. The maximum Gasteiger partial charge on any atom is 0.248 e. The highest BCUT2D eigenvalue weighted by Gasteiger charge is 2.29. The van der Waals surface area contributed by atoms with Gasteiger partial charge < -0.3 is 18.8 Å². The average molecular weight is 366 g/mol. The lowest BCUT2D eigenvalue weighted by atomic mass is 9.99. The summed E-state index contributed by atoms with van der Waals surface area (Å²) >= 11 is 12.6. The maximum absolute atomic E-state index is 11.8. The molecule has 0 atom stereocenters. The molecule has 3 aromatic rings. The molecule has 1 N–H and O–H groups in total. The van der Waals surface area contributed by atoms with Crippen LogP contribution in [0.3, 0.4) is 0 Å². The summed E-state index contributed by atoms with van der Waals surface area (Å²) < 4.78 is 11.5. The van der Waals surface area contributed by atoms with Gasteiger partial charge in [-0.1, -0.05) is 23.2 Å². The zero-order valence-electron chi connectivity index (χ0n) is 12.5. The van der Waals surface area contributed by atoms with Crippen LogP contribution in [0.2, 0.25) is 10.0 Å². The molecule has 1 aliphatic rings. The summed E-state index contributed by atoms with van der Waals surface area (Å²) in [7, 11) is 0. The number of amides is 1. The van der Waals surface area contributed by atoms with Crippen LogP contribution >= 0.6 is 23.2 Å². The molecule has 0 radical (unpaired) electrons. The Hall–Kier alpha value is -1.95. The number of carbonyl (C=O) groups is 1. The minimum absolute atomic E-state index is 0.311. The molecule has 1 aromatic carbocycles. The molecule has 0 fully saturated rings. The Balaban J connectivity index is 1.96. The molecule has 1 aliphatic heterocycles. The van der Waals surface area contributed by atoms with Crippen molar-refractivity contribution < 1.29 is 18.7 Å². The fourth-order valence-electron chi connectivity index (χ4n) is 3.14. The van der Waals surface area contributed by atoms with Gasteiger partial charge in [-0.15, -0.1) is 0 Å². The van der Waals surface area contributed by atoms with E-state index in [4.69, 9.17) is 37.1 Å². The zero-order valence-corrected chi connectivity index (χ0v) is 14.0. The normalized spacial score (nSPS) is 14.2. The van der Waals surface area contributed by atoms with E-state index >= 15 is 0 Å². The smallest absolute Gasteiger partial charge is 0.248 e. The van der Waals surface area contributed by atoms with E-state index in [1.807, 2.05) is 6.07 Å². The minimum Gasteiger partial charge on any atom is -0.464 e. The molecule has 4 rings (SSSR count). The third-order valence-electron chi connectivity index (χ3n) is 4.27. The Bertz CT molecular complexity index is 930. The zero-order chi connectivity index (χ0) is 16.8. The fourth-order valence-corrected chi connectivity index (χ4v) is 3.52. The van der Waals surface area contributed by atoms with Crippen molar-refractivity contribution in [2.75, 3.05) is 13.2 Å². The summed E-state index contributed by atoms with van der Waals surface area (Å²) in [6.07, 6.45) is 2.14. The highest BCUT2D eigenvalue weighted by atomic mass is 35.5. The van der Waals surface area contributed by atoms with Crippen LogP contribution in [0.1, 0.15) is 11.3 Å². The number of rotatable bonds is 2. The number of aliphatic hydroxyl groups excluding tert-OH is 1. The predicted molar refractivity (Wildman–Crippen MR) is 90.1 cm³/mol. The Morgan fingerprint density at radius 1 is 1.38 bits per heavy atom. The summed E-state index contributed by atoms with van der Waals surface area (Å²) in [6, 6.07) is 5.36. The largest absolute Gasteiger partial charge is 0.464 e. The molecule has 5 nitrogen and oxygen atoms in total. The summed E-state index contributed by atoms with van der Waals surface area (Å²) in [6.45, 7) is 0.337. The third kappa shape index (κ3) is 2.32. The van der Waals surface area contributed by atoms with Gasteiger partial charge in [0.25, 0.3) is 0 Å². The molecule has 2 aromatic heterocycles. The predicted octanol–water partition coefficient (Wildman–Crippen LogP) is 3.88. The van der Waals surface area contributed by atoms with Crippen molar-refractivity contribution in [1.82, 2.24) is 4.90 Å². The van der Waals surface area contributed by atoms with Crippen LogP contribution in [-0.2, 0) is 17.8 Å². The first-order valence-electron chi connectivity index (χ1n) is 7.45. The van der Waals surface area contributed by atoms with E-state index in [9.17, 15) is 4.79 Å². The summed E-state index contributed by atoms with van der Waals surface area (Å²) in [5.41, 5.74) is 2.15. The molecule has 0 unspecified atom stereocenters. The van der Waals surface area contributed by atoms with E-state index in [1.165, 1.54) is 0 Å². The molecule has 0 saturated carbocycles. The number of hydrogen-bond donors (Lipinski definition) is 1. The monoisotopic (exact) mass is 365 g/mol. The lowest BCUT2D eigenvalue weighted by Gasteiger charge is -2.25. The molecular formula is C17H13Cl2NO4. The summed E-state index contributed by atoms with van der Waals surface area (Å²) in [4.78, 5) is 13.5. The van der Waals surface area contributed by atoms with Crippen molar-refractivity contribution in [2.45, 2.75) is 13.0 Å². The van der Waals surface area contributed by atoms with Crippen LogP contribution in [0.5, 0.6) is 0 Å². The van der Waals surface area contributed by atoms with Gasteiger partial charge in [-0.3, -0.25) is 4.79 Å². The first-order chi connectivity index (χ1) is 11.6. The molecule has 0 bridgehead atoms. The van der Waals surface area contributed by atoms with Gasteiger partial charge in [-0.2, -0.15) is 0 Å². The Labute approximate surface area is 147 Å². The molecule has 124 valence electrons. The Morgan fingerprint density at radius 2 is 2.21 bits per heavy atom.